The van der Waals surface area contributed by atoms with Crippen molar-refractivity contribution in [1.29, 1.82) is 0 Å². The molecular formula is C19H30O7Si. The van der Waals surface area contributed by atoms with Gasteiger partial charge in [-0.05, 0) is 30.3 Å². The number of ether oxygens (including phenoxy) is 2. The molecule has 0 amide bonds. The lowest BCUT2D eigenvalue weighted by Crippen LogP contribution is -2.60. The average Bonchev–Trinajstić information content (AvgIpc) is 2.60. The fraction of sp³-hybridized carbons (Fsp3) is 0.632. The Kier molecular flexibility index (Phi) is 6.83. The second kappa shape index (κ2) is 8.38. The molecule has 0 bridgehead atoms. The van der Waals surface area contributed by atoms with Crippen LogP contribution in [0.15, 0.2) is 30.3 Å². The number of esters is 1. The first-order valence-electron chi connectivity index (χ1n) is 9.04. The van der Waals surface area contributed by atoms with Gasteiger partial charge in [0.2, 0.25) is 0 Å². The largest absolute Gasteiger partial charge is 0.453 e. The molecule has 0 unspecified atom stereocenters. The minimum absolute atomic E-state index is 0.0286. The van der Waals surface area contributed by atoms with Crippen molar-refractivity contribution in [2.75, 3.05) is 6.61 Å². The van der Waals surface area contributed by atoms with Gasteiger partial charge in [-0.2, -0.15) is 0 Å². The molecular weight excluding hydrogens is 368 g/mol. The van der Waals surface area contributed by atoms with Gasteiger partial charge in [-0.25, -0.2) is 4.79 Å². The summed E-state index contributed by atoms with van der Waals surface area (Å²) in [5.74, 6) is -0.697. The number of hydrogen-bond donors (Lipinski definition) is 3. The van der Waals surface area contributed by atoms with Gasteiger partial charge >= 0.3 is 5.97 Å². The van der Waals surface area contributed by atoms with E-state index >= 15 is 0 Å². The number of aliphatic hydroxyl groups excluding tert-OH is 3. The number of carbonyl (C=O) groups is 1. The highest BCUT2D eigenvalue weighted by atomic mass is 28.4. The van der Waals surface area contributed by atoms with Crippen LogP contribution in [0.1, 0.15) is 31.1 Å². The molecule has 5 atom stereocenters. The quantitative estimate of drug-likeness (QED) is 0.512. The van der Waals surface area contributed by atoms with E-state index in [1.807, 2.05) is 0 Å². The predicted molar refractivity (Wildman–Crippen MR) is 102 cm³/mol. The maximum absolute atomic E-state index is 12.3. The maximum atomic E-state index is 12.3. The highest BCUT2D eigenvalue weighted by molar-refractivity contribution is 6.74. The third kappa shape index (κ3) is 5.16. The smallest absolute Gasteiger partial charge is 0.338 e. The van der Waals surface area contributed by atoms with Crippen molar-refractivity contribution in [3.63, 3.8) is 0 Å². The van der Waals surface area contributed by atoms with Gasteiger partial charge in [0.15, 0.2) is 20.7 Å². The van der Waals surface area contributed by atoms with Crippen molar-refractivity contribution < 1.29 is 34.0 Å². The molecule has 1 fully saturated rings. The lowest BCUT2D eigenvalue weighted by atomic mass is 9.99. The Balaban J connectivity index is 2.08. The van der Waals surface area contributed by atoms with Gasteiger partial charge in [-0.15, -0.1) is 0 Å². The van der Waals surface area contributed by atoms with Gasteiger partial charge in [-0.3, -0.25) is 0 Å². The Morgan fingerprint density at radius 2 is 1.70 bits per heavy atom. The molecule has 2 rings (SSSR count). The standard InChI is InChI=1S/C19H30O7Si/c1-19(2,3)27(4,5)24-11-13-14(20)16(15(21)18(23)25-13)26-17(22)12-9-7-6-8-10-12/h6-10,13-16,18,20-21,23H,11H2,1-5H3/t13-,14-,15+,16+,18+/m1/s1. The Labute approximate surface area is 161 Å². The van der Waals surface area contributed by atoms with E-state index in [1.165, 1.54) is 0 Å². The van der Waals surface area contributed by atoms with Crippen molar-refractivity contribution in [1.82, 2.24) is 0 Å². The van der Waals surface area contributed by atoms with Crippen molar-refractivity contribution in [2.24, 2.45) is 0 Å². The van der Waals surface area contributed by atoms with Crippen LogP contribution in [0.25, 0.3) is 0 Å². The number of rotatable bonds is 5. The molecule has 1 saturated heterocycles. The van der Waals surface area contributed by atoms with Crippen LogP contribution in [0.5, 0.6) is 0 Å². The van der Waals surface area contributed by atoms with E-state index in [0.717, 1.165) is 0 Å². The topological polar surface area (TPSA) is 105 Å². The van der Waals surface area contributed by atoms with Crippen LogP contribution in [0.4, 0.5) is 0 Å². The number of carbonyl (C=O) groups excluding carboxylic acids is 1. The highest BCUT2D eigenvalue weighted by Gasteiger charge is 2.47. The fourth-order valence-corrected chi connectivity index (χ4v) is 3.48. The van der Waals surface area contributed by atoms with Crippen LogP contribution < -0.4 is 0 Å². The summed E-state index contributed by atoms with van der Waals surface area (Å²) >= 11 is 0. The van der Waals surface area contributed by atoms with E-state index in [-0.39, 0.29) is 17.2 Å². The van der Waals surface area contributed by atoms with E-state index in [9.17, 15) is 20.1 Å². The summed E-state index contributed by atoms with van der Waals surface area (Å²) in [7, 11) is -2.11. The number of aliphatic hydroxyl groups is 3. The molecule has 0 saturated carbocycles. The molecule has 0 aliphatic carbocycles. The molecule has 1 aliphatic rings. The van der Waals surface area contributed by atoms with E-state index in [4.69, 9.17) is 13.9 Å². The first-order valence-corrected chi connectivity index (χ1v) is 11.9. The van der Waals surface area contributed by atoms with Crippen molar-refractivity contribution in [2.45, 2.75) is 69.6 Å². The second-order valence-electron chi connectivity index (χ2n) is 8.35. The molecule has 3 N–H and O–H groups in total. The Bertz CT molecular complexity index is 629. The first kappa shape index (κ1) is 22.0. The summed E-state index contributed by atoms with van der Waals surface area (Å²) in [5, 5.41) is 30.7. The molecule has 1 heterocycles. The molecule has 0 aromatic heterocycles. The Morgan fingerprint density at radius 1 is 1.11 bits per heavy atom. The van der Waals surface area contributed by atoms with Crippen molar-refractivity contribution >= 4 is 14.3 Å². The van der Waals surface area contributed by atoms with Crippen molar-refractivity contribution in [3.05, 3.63) is 35.9 Å². The van der Waals surface area contributed by atoms with Gasteiger partial charge < -0.3 is 29.2 Å². The molecule has 1 aliphatic heterocycles. The molecule has 8 heteroatoms. The monoisotopic (exact) mass is 398 g/mol. The molecule has 152 valence electrons. The van der Waals surface area contributed by atoms with E-state index in [1.54, 1.807) is 30.3 Å². The van der Waals surface area contributed by atoms with Crippen LogP contribution in [0, 0.1) is 0 Å². The van der Waals surface area contributed by atoms with Gasteiger partial charge in [0.05, 0.1) is 12.2 Å². The van der Waals surface area contributed by atoms with Gasteiger partial charge in [0, 0.05) is 0 Å². The van der Waals surface area contributed by atoms with Crippen molar-refractivity contribution in [3.8, 4) is 0 Å². The predicted octanol–water partition coefficient (Wildman–Crippen LogP) is 1.67. The zero-order chi connectivity index (χ0) is 20.4. The molecule has 1 aromatic carbocycles. The first-order chi connectivity index (χ1) is 12.4. The highest BCUT2D eigenvalue weighted by Crippen LogP contribution is 2.37. The summed E-state index contributed by atoms with van der Waals surface area (Å²) in [6.07, 6.45) is -6.73. The van der Waals surface area contributed by atoms with E-state index in [2.05, 4.69) is 33.9 Å². The molecule has 0 spiro atoms. The summed E-state index contributed by atoms with van der Waals surface area (Å²) in [6.45, 7) is 10.4. The van der Waals surface area contributed by atoms with Gasteiger partial charge in [-0.1, -0.05) is 39.0 Å². The summed E-state index contributed by atoms with van der Waals surface area (Å²) in [5.41, 5.74) is 0.284. The Hall–Kier alpha value is -1.29. The lowest BCUT2D eigenvalue weighted by Gasteiger charge is -2.42. The number of hydrogen-bond acceptors (Lipinski definition) is 7. The third-order valence-corrected chi connectivity index (χ3v) is 9.83. The van der Waals surface area contributed by atoms with Crippen LogP contribution in [-0.4, -0.2) is 66.9 Å². The lowest BCUT2D eigenvalue weighted by molar-refractivity contribution is -0.285. The van der Waals surface area contributed by atoms with E-state index in [0.29, 0.717) is 0 Å². The molecule has 27 heavy (non-hydrogen) atoms. The SMILES string of the molecule is CC(C)(C)[Si](C)(C)OC[C@H]1O[C@H](O)[C@@H](O)[C@@H](OC(=O)c2ccccc2)[C@@H]1O. The fourth-order valence-electron chi connectivity index (χ4n) is 2.47. The second-order valence-corrected chi connectivity index (χ2v) is 13.2. The van der Waals surface area contributed by atoms with Crippen LogP contribution in [0.2, 0.25) is 18.1 Å². The van der Waals surface area contributed by atoms with Gasteiger partial charge in [0.1, 0.15) is 18.3 Å². The third-order valence-electron chi connectivity index (χ3n) is 5.33. The Morgan fingerprint density at radius 3 is 2.26 bits per heavy atom. The number of benzene rings is 1. The molecule has 7 nitrogen and oxygen atoms in total. The van der Waals surface area contributed by atoms with Gasteiger partial charge in [0.25, 0.3) is 0 Å². The zero-order valence-electron chi connectivity index (χ0n) is 16.5. The zero-order valence-corrected chi connectivity index (χ0v) is 17.5. The minimum Gasteiger partial charge on any atom is -0.453 e. The van der Waals surface area contributed by atoms with Crippen LogP contribution in [-0.2, 0) is 13.9 Å². The maximum Gasteiger partial charge on any atom is 0.338 e. The minimum atomic E-state index is -2.11. The summed E-state index contributed by atoms with van der Waals surface area (Å²) in [4.78, 5) is 12.3. The molecule has 1 aromatic rings. The van der Waals surface area contributed by atoms with Crippen LogP contribution in [0.3, 0.4) is 0 Å². The summed E-state index contributed by atoms with van der Waals surface area (Å²) in [6, 6.07) is 8.24. The molecule has 0 radical (unpaired) electrons. The van der Waals surface area contributed by atoms with Crippen LogP contribution >= 0.6 is 0 Å². The normalized spacial score (nSPS) is 29.4. The van der Waals surface area contributed by atoms with E-state index < -0.39 is 45.0 Å². The summed E-state index contributed by atoms with van der Waals surface area (Å²) < 4.78 is 16.6. The average molecular weight is 399 g/mol.